The van der Waals surface area contributed by atoms with E-state index in [9.17, 15) is 18.0 Å². The number of nitrogens with two attached hydrogens (primary N) is 1. The van der Waals surface area contributed by atoms with Gasteiger partial charge in [0, 0.05) is 25.1 Å². The molecule has 1 heterocycles. The molecule has 1 aliphatic heterocycles. The van der Waals surface area contributed by atoms with E-state index in [1.165, 1.54) is 31.4 Å². The van der Waals surface area contributed by atoms with Crippen molar-refractivity contribution in [3.05, 3.63) is 54.1 Å². The summed E-state index contributed by atoms with van der Waals surface area (Å²) in [7, 11) is -2.37. The summed E-state index contributed by atoms with van der Waals surface area (Å²) in [6.07, 6.45) is 2.82. The van der Waals surface area contributed by atoms with Crippen LogP contribution in [0.2, 0.25) is 0 Å². The number of nitrogens with one attached hydrogen (secondary N) is 1. The fourth-order valence-electron chi connectivity index (χ4n) is 3.72. The fraction of sp³-hybridized carbons (Fsp3) is 0.364. The number of sulfonamides is 1. The Morgan fingerprint density at radius 2 is 1.87 bits per heavy atom. The Bertz CT molecular complexity index is 1040. The molecule has 0 saturated carbocycles. The van der Waals surface area contributed by atoms with Gasteiger partial charge in [-0.2, -0.15) is 0 Å². The van der Waals surface area contributed by atoms with Crippen molar-refractivity contribution in [1.29, 1.82) is 0 Å². The Morgan fingerprint density at radius 3 is 2.55 bits per heavy atom. The Labute approximate surface area is 182 Å². The van der Waals surface area contributed by atoms with Gasteiger partial charge in [-0.3, -0.25) is 14.3 Å². The number of anilines is 1. The number of ether oxygens (including phenoxy) is 1. The number of piperidine rings is 1. The molecular weight excluding hydrogens is 418 g/mol. The Hall–Kier alpha value is -3.07. The largest absolute Gasteiger partial charge is 0.495 e. The van der Waals surface area contributed by atoms with Crippen molar-refractivity contribution < 1.29 is 22.7 Å². The van der Waals surface area contributed by atoms with Gasteiger partial charge in [0.2, 0.25) is 5.91 Å². The lowest BCUT2D eigenvalue weighted by Crippen LogP contribution is -2.40. The highest BCUT2D eigenvalue weighted by molar-refractivity contribution is 7.92. The molecular formula is C22H27N3O5S. The number of rotatable bonds is 8. The first-order valence-corrected chi connectivity index (χ1v) is 11.6. The van der Waals surface area contributed by atoms with Gasteiger partial charge in [-0.05, 0) is 61.6 Å². The van der Waals surface area contributed by atoms with Gasteiger partial charge in [-0.25, -0.2) is 8.42 Å². The zero-order chi connectivity index (χ0) is 22.4. The van der Waals surface area contributed by atoms with E-state index in [2.05, 4.69) is 4.72 Å². The lowest BCUT2D eigenvalue weighted by atomic mass is 9.93. The molecule has 2 aromatic rings. The van der Waals surface area contributed by atoms with Crippen molar-refractivity contribution in [1.82, 2.24) is 4.90 Å². The summed E-state index contributed by atoms with van der Waals surface area (Å²) in [5, 5.41) is 0. The molecule has 31 heavy (non-hydrogen) atoms. The fourth-order valence-corrected chi connectivity index (χ4v) is 4.79. The quantitative estimate of drug-likeness (QED) is 0.647. The summed E-state index contributed by atoms with van der Waals surface area (Å²) < 4.78 is 33.1. The molecule has 1 atom stereocenters. The summed E-state index contributed by atoms with van der Waals surface area (Å²) in [6, 6.07) is 12.6. The predicted molar refractivity (Wildman–Crippen MR) is 117 cm³/mol. The van der Waals surface area contributed by atoms with Gasteiger partial charge in [0.15, 0.2) is 0 Å². The monoisotopic (exact) mass is 445 g/mol. The smallest absolute Gasteiger partial charge is 0.262 e. The lowest BCUT2D eigenvalue weighted by Gasteiger charge is -2.32. The van der Waals surface area contributed by atoms with Crippen molar-refractivity contribution in [3.63, 3.8) is 0 Å². The van der Waals surface area contributed by atoms with Gasteiger partial charge >= 0.3 is 0 Å². The molecule has 8 nitrogen and oxygen atoms in total. The molecule has 2 aromatic carbocycles. The minimum absolute atomic E-state index is 0.0490. The van der Waals surface area contributed by atoms with Gasteiger partial charge in [0.05, 0.1) is 17.7 Å². The second kappa shape index (κ2) is 9.82. The molecule has 2 amide bonds. The molecule has 0 bridgehead atoms. The molecule has 9 heteroatoms. The van der Waals surface area contributed by atoms with Crippen molar-refractivity contribution >= 4 is 27.5 Å². The standard InChI is InChI=1S/C22H27N3O5S/c1-30-20-7-3-2-6-19(20)24-31(28,29)18-11-9-17(10-12-18)22(27)25-14-4-5-16(15-25)8-13-21(23)26/h2-3,6-7,9-12,16,24H,4-5,8,13-15H2,1H3,(H2,23,26). The van der Waals surface area contributed by atoms with E-state index in [0.29, 0.717) is 42.9 Å². The maximum absolute atomic E-state index is 12.9. The van der Waals surface area contributed by atoms with Crippen LogP contribution >= 0.6 is 0 Å². The van der Waals surface area contributed by atoms with Crippen molar-refractivity contribution in [2.75, 3.05) is 24.9 Å². The Kier molecular flexibility index (Phi) is 7.17. The average Bonchev–Trinajstić information content (AvgIpc) is 2.77. The summed E-state index contributed by atoms with van der Waals surface area (Å²) in [6.45, 7) is 1.21. The Morgan fingerprint density at radius 1 is 1.16 bits per heavy atom. The molecule has 1 aliphatic rings. The van der Waals surface area contributed by atoms with Crippen LogP contribution in [-0.2, 0) is 14.8 Å². The van der Waals surface area contributed by atoms with Crippen LogP contribution < -0.4 is 15.2 Å². The second-order valence-electron chi connectivity index (χ2n) is 7.59. The number of para-hydroxylation sites is 2. The van der Waals surface area contributed by atoms with Gasteiger partial charge < -0.3 is 15.4 Å². The summed E-state index contributed by atoms with van der Waals surface area (Å²) >= 11 is 0. The maximum Gasteiger partial charge on any atom is 0.262 e. The number of hydrogen-bond acceptors (Lipinski definition) is 5. The number of benzene rings is 2. The number of methoxy groups -OCH3 is 1. The van der Waals surface area contributed by atoms with Crippen LogP contribution in [0.5, 0.6) is 5.75 Å². The number of amides is 2. The highest BCUT2D eigenvalue weighted by atomic mass is 32.2. The first-order valence-electron chi connectivity index (χ1n) is 10.1. The highest BCUT2D eigenvalue weighted by Crippen LogP contribution is 2.27. The van der Waals surface area contributed by atoms with Crippen LogP contribution in [-0.4, -0.2) is 45.3 Å². The minimum Gasteiger partial charge on any atom is -0.495 e. The van der Waals surface area contributed by atoms with Gasteiger partial charge in [-0.1, -0.05) is 12.1 Å². The van der Waals surface area contributed by atoms with Crippen LogP contribution in [0.3, 0.4) is 0 Å². The molecule has 0 spiro atoms. The number of carbonyl (C=O) groups is 2. The number of primary amides is 1. The molecule has 3 N–H and O–H groups in total. The van der Waals surface area contributed by atoms with E-state index in [-0.39, 0.29) is 22.6 Å². The average molecular weight is 446 g/mol. The normalized spacial score (nSPS) is 16.5. The van der Waals surface area contributed by atoms with Crippen molar-refractivity contribution in [3.8, 4) is 5.75 Å². The zero-order valence-corrected chi connectivity index (χ0v) is 18.2. The third-order valence-electron chi connectivity index (χ3n) is 5.37. The first-order chi connectivity index (χ1) is 14.8. The molecule has 1 fully saturated rings. The van der Waals surface area contributed by atoms with Crippen molar-refractivity contribution in [2.45, 2.75) is 30.6 Å². The summed E-state index contributed by atoms with van der Waals surface area (Å²) in [5.41, 5.74) is 5.99. The molecule has 0 radical (unpaired) electrons. The van der Waals surface area contributed by atoms with Crippen LogP contribution in [0.1, 0.15) is 36.0 Å². The van der Waals surface area contributed by atoms with E-state index in [1.54, 1.807) is 29.2 Å². The third kappa shape index (κ3) is 5.75. The zero-order valence-electron chi connectivity index (χ0n) is 17.4. The van der Waals surface area contributed by atoms with Crippen LogP contribution in [0.25, 0.3) is 0 Å². The number of likely N-dealkylation sites (tertiary alicyclic amines) is 1. The van der Waals surface area contributed by atoms with Crippen LogP contribution in [0.4, 0.5) is 5.69 Å². The number of nitrogens with zero attached hydrogens (tertiary/aromatic N) is 1. The van der Waals surface area contributed by atoms with Crippen LogP contribution in [0, 0.1) is 5.92 Å². The molecule has 3 rings (SSSR count). The van der Waals surface area contributed by atoms with Crippen LogP contribution in [0.15, 0.2) is 53.4 Å². The highest BCUT2D eigenvalue weighted by Gasteiger charge is 2.25. The summed E-state index contributed by atoms with van der Waals surface area (Å²) in [5.74, 6) is 0.177. The topological polar surface area (TPSA) is 119 Å². The Balaban J connectivity index is 1.69. The maximum atomic E-state index is 12.9. The lowest BCUT2D eigenvalue weighted by molar-refractivity contribution is -0.118. The van der Waals surface area contributed by atoms with Crippen molar-refractivity contribution in [2.24, 2.45) is 11.7 Å². The molecule has 0 aliphatic carbocycles. The van der Waals surface area contributed by atoms with E-state index < -0.39 is 10.0 Å². The van der Waals surface area contributed by atoms with Gasteiger partial charge in [-0.15, -0.1) is 0 Å². The van der Waals surface area contributed by atoms with Gasteiger partial charge in [0.1, 0.15) is 5.75 Å². The third-order valence-corrected chi connectivity index (χ3v) is 6.75. The van der Waals surface area contributed by atoms with E-state index in [4.69, 9.17) is 10.5 Å². The van der Waals surface area contributed by atoms with E-state index in [1.807, 2.05) is 0 Å². The molecule has 0 aromatic heterocycles. The molecule has 1 saturated heterocycles. The second-order valence-corrected chi connectivity index (χ2v) is 9.28. The minimum atomic E-state index is -3.84. The number of hydrogen-bond donors (Lipinski definition) is 2. The molecule has 1 unspecified atom stereocenters. The molecule has 166 valence electrons. The van der Waals surface area contributed by atoms with E-state index >= 15 is 0 Å². The predicted octanol–water partition coefficient (Wildman–Crippen LogP) is 2.61. The first kappa shape index (κ1) is 22.6. The SMILES string of the molecule is COc1ccccc1NS(=O)(=O)c1ccc(C(=O)N2CCCC(CCC(N)=O)C2)cc1. The number of carbonyl (C=O) groups excluding carboxylic acids is 2. The van der Waals surface area contributed by atoms with E-state index in [0.717, 1.165) is 12.8 Å². The summed E-state index contributed by atoms with van der Waals surface area (Å²) in [4.78, 5) is 25.7. The van der Waals surface area contributed by atoms with Gasteiger partial charge in [0.25, 0.3) is 15.9 Å².